The van der Waals surface area contributed by atoms with Gasteiger partial charge >= 0.3 is 0 Å². The lowest BCUT2D eigenvalue weighted by atomic mass is 10.2. The highest BCUT2D eigenvalue weighted by Crippen LogP contribution is 2.19. The van der Waals surface area contributed by atoms with Crippen LogP contribution < -0.4 is 10.6 Å². The minimum absolute atomic E-state index is 0.0823. The van der Waals surface area contributed by atoms with Crippen LogP contribution in [0.15, 0.2) is 30.6 Å². The summed E-state index contributed by atoms with van der Waals surface area (Å²) in [6.45, 7) is 3.71. The Bertz CT molecular complexity index is 585. The Hall–Kier alpha value is -1.92. The molecular weight excluding hydrogens is 290 g/mol. The Kier molecular flexibility index (Phi) is 5.71. The van der Waals surface area contributed by atoms with Crippen LogP contribution in [0.25, 0.3) is 0 Å². The molecule has 0 aliphatic rings. The second-order valence-electron chi connectivity index (χ2n) is 4.70. The summed E-state index contributed by atoms with van der Waals surface area (Å²) in [7, 11) is 0. The summed E-state index contributed by atoms with van der Waals surface area (Å²) in [6, 6.07) is 5.43. The lowest BCUT2D eigenvalue weighted by molar-refractivity contribution is -0.115. The Morgan fingerprint density at radius 1 is 1.43 bits per heavy atom. The van der Waals surface area contributed by atoms with Gasteiger partial charge in [0.1, 0.15) is 0 Å². The highest BCUT2D eigenvalue weighted by Gasteiger charge is 2.05. The number of aromatic nitrogens is 3. The van der Waals surface area contributed by atoms with Gasteiger partial charge in [0.25, 0.3) is 0 Å². The lowest BCUT2D eigenvalue weighted by Gasteiger charge is -2.09. The first kappa shape index (κ1) is 15.5. The van der Waals surface area contributed by atoms with Crippen LogP contribution in [0.2, 0.25) is 5.02 Å². The second-order valence-corrected chi connectivity index (χ2v) is 5.14. The molecule has 0 aliphatic heterocycles. The number of rotatable bonds is 7. The Morgan fingerprint density at radius 2 is 2.29 bits per heavy atom. The van der Waals surface area contributed by atoms with Gasteiger partial charge in [0, 0.05) is 23.5 Å². The van der Waals surface area contributed by atoms with Crippen molar-refractivity contribution in [1.82, 2.24) is 20.3 Å². The molecule has 112 valence electrons. The minimum atomic E-state index is -0.0823. The van der Waals surface area contributed by atoms with Gasteiger partial charge < -0.3 is 10.6 Å². The van der Waals surface area contributed by atoms with E-state index in [0.29, 0.717) is 5.02 Å². The molecule has 0 spiro atoms. The van der Waals surface area contributed by atoms with E-state index in [1.54, 1.807) is 23.0 Å². The monoisotopic (exact) mass is 307 g/mol. The SMILES string of the molecule is Cc1ccc(Cl)cc1NC(=O)CNCCCn1ccnn1. The maximum Gasteiger partial charge on any atom is 0.238 e. The molecule has 0 aliphatic carbocycles. The van der Waals surface area contributed by atoms with Gasteiger partial charge in [-0.2, -0.15) is 0 Å². The summed E-state index contributed by atoms with van der Waals surface area (Å²) >= 11 is 5.91. The molecular formula is C14H18ClN5O. The van der Waals surface area contributed by atoms with Crippen LogP contribution in [0, 0.1) is 6.92 Å². The van der Waals surface area contributed by atoms with Crippen LogP contribution in [0.4, 0.5) is 5.69 Å². The van der Waals surface area contributed by atoms with E-state index in [4.69, 9.17) is 11.6 Å². The number of amides is 1. The summed E-state index contributed by atoms with van der Waals surface area (Å²) in [5.41, 5.74) is 1.73. The number of carbonyl (C=O) groups is 1. The largest absolute Gasteiger partial charge is 0.325 e. The Balaban J connectivity index is 1.66. The molecule has 0 saturated carbocycles. The molecule has 0 saturated heterocycles. The predicted octanol–water partition coefficient (Wildman–Crippen LogP) is 1.86. The molecule has 7 heteroatoms. The Labute approximate surface area is 128 Å². The molecule has 6 nitrogen and oxygen atoms in total. The second kappa shape index (κ2) is 7.75. The van der Waals surface area contributed by atoms with Crippen LogP contribution in [0.3, 0.4) is 0 Å². The van der Waals surface area contributed by atoms with Crippen molar-refractivity contribution >= 4 is 23.2 Å². The molecule has 0 radical (unpaired) electrons. The van der Waals surface area contributed by atoms with Gasteiger partial charge in [-0.05, 0) is 37.6 Å². The highest BCUT2D eigenvalue weighted by atomic mass is 35.5. The summed E-state index contributed by atoms with van der Waals surface area (Å²) < 4.78 is 1.76. The fourth-order valence-corrected chi connectivity index (χ4v) is 2.02. The van der Waals surface area contributed by atoms with Crippen molar-refractivity contribution in [3.05, 3.63) is 41.2 Å². The van der Waals surface area contributed by atoms with E-state index in [-0.39, 0.29) is 12.5 Å². The number of halogens is 1. The van der Waals surface area contributed by atoms with Gasteiger partial charge in [0.05, 0.1) is 12.7 Å². The minimum Gasteiger partial charge on any atom is -0.325 e. The number of benzene rings is 1. The molecule has 0 bridgehead atoms. The summed E-state index contributed by atoms with van der Waals surface area (Å²) in [5.74, 6) is -0.0823. The Morgan fingerprint density at radius 3 is 3.05 bits per heavy atom. The average Bonchev–Trinajstić information content (AvgIpc) is 2.96. The molecule has 21 heavy (non-hydrogen) atoms. The van der Waals surface area contributed by atoms with Crippen LogP contribution in [0.1, 0.15) is 12.0 Å². The summed E-state index contributed by atoms with van der Waals surface area (Å²) in [6.07, 6.45) is 4.34. The van der Waals surface area contributed by atoms with Gasteiger partial charge in [-0.1, -0.05) is 22.9 Å². The van der Waals surface area contributed by atoms with E-state index in [0.717, 1.165) is 30.8 Å². The van der Waals surface area contributed by atoms with Crippen LogP contribution >= 0.6 is 11.6 Å². The van der Waals surface area contributed by atoms with Crippen molar-refractivity contribution in [3.63, 3.8) is 0 Å². The van der Waals surface area contributed by atoms with Crippen molar-refractivity contribution in [3.8, 4) is 0 Å². The number of aryl methyl sites for hydroxylation is 2. The maximum absolute atomic E-state index is 11.8. The number of anilines is 1. The van der Waals surface area contributed by atoms with E-state index >= 15 is 0 Å². The predicted molar refractivity (Wildman–Crippen MR) is 82.3 cm³/mol. The third-order valence-corrected chi connectivity index (χ3v) is 3.21. The zero-order valence-corrected chi connectivity index (χ0v) is 12.6. The van der Waals surface area contributed by atoms with Crippen molar-refractivity contribution in [1.29, 1.82) is 0 Å². The zero-order valence-electron chi connectivity index (χ0n) is 11.8. The van der Waals surface area contributed by atoms with Crippen molar-refractivity contribution in [2.24, 2.45) is 0 Å². The number of hydrogen-bond acceptors (Lipinski definition) is 4. The molecule has 0 fully saturated rings. The molecule has 0 unspecified atom stereocenters. The molecule has 1 aromatic heterocycles. The first-order valence-electron chi connectivity index (χ1n) is 6.76. The molecule has 1 aromatic carbocycles. The quantitative estimate of drug-likeness (QED) is 0.766. The molecule has 0 atom stereocenters. The van der Waals surface area contributed by atoms with Gasteiger partial charge in [0.15, 0.2) is 0 Å². The van der Waals surface area contributed by atoms with Crippen molar-refractivity contribution in [2.45, 2.75) is 19.9 Å². The molecule has 1 heterocycles. The maximum atomic E-state index is 11.8. The van der Waals surface area contributed by atoms with E-state index in [1.807, 2.05) is 19.2 Å². The van der Waals surface area contributed by atoms with E-state index < -0.39 is 0 Å². The van der Waals surface area contributed by atoms with Crippen molar-refractivity contribution < 1.29 is 4.79 Å². The highest BCUT2D eigenvalue weighted by molar-refractivity contribution is 6.31. The van der Waals surface area contributed by atoms with Gasteiger partial charge in [-0.25, -0.2) is 0 Å². The van der Waals surface area contributed by atoms with Gasteiger partial charge in [-0.15, -0.1) is 5.10 Å². The van der Waals surface area contributed by atoms with E-state index in [1.165, 1.54) is 0 Å². The average molecular weight is 308 g/mol. The molecule has 2 rings (SSSR count). The number of hydrogen-bond donors (Lipinski definition) is 2. The molecule has 1 amide bonds. The van der Waals surface area contributed by atoms with Crippen LogP contribution in [-0.4, -0.2) is 34.0 Å². The first-order chi connectivity index (χ1) is 10.1. The van der Waals surface area contributed by atoms with Crippen molar-refractivity contribution in [2.75, 3.05) is 18.4 Å². The third-order valence-electron chi connectivity index (χ3n) is 2.97. The number of nitrogens with zero attached hydrogens (tertiary/aromatic N) is 3. The first-order valence-corrected chi connectivity index (χ1v) is 7.14. The summed E-state index contributed by atoms with van der Waals surface area (Å²) in [5, 5.41) is 14.1. The fourth-order valence-electron chi connectivity index (χ4n) is 1.84. The summed E-state index contributed by atoms with van der Waals surface area (Å²) in [4.78, 5) is 11.8. The molecule has 2 aromatic rings. The van der Waals surface area contributed by atoms with Crippen LogP contribution in [0.5, 0.6) is 0 Å². The lowest BCUT2D eigenvalue weighted by Crippen LogP contribution is -2.29. The normalized spacial score (nSPS) is 10.6. The topological polar surface area (TPSA) is 71.8 Å². The van der Waals surface area contributed by atoms with Crippen LogP contribution in [-0.2, 0) is 11.3 Å². The van der Waals surface area contributed by atoms with E-state index in [2.05, 4.69) is 20.9 Å². The number of nitrogens with one attached hydrogen (secondary N) is 2. The number of carbonyl (C=O) groups excluding carboxylic acids is 1. The standard InChI is InChI=1S/C14H18ClN5O/c1-11-3-4-12(15)9-13(11)18-14(21)10-16-5-2-7-20-8-6-17-19-20/h3-4,6,8-9,16H,2,5,7,10H2,1H3,(H,18,21). The molecule has 2 N–H and O–H groups in total. The van der Waals surface area contributed by atoms with Gasteiger partial charge in [-0.3, -0.25) is 9.48 Å². The third kappa shape index (κ3) is 5.17. The van der Waals surface area contributed by atoms with Gasteiger partial charge in [0.2, 0.25) is 5.91 Å². The van der Waals surface area contributed by atoms with E-state index in [9.17, 15) is 4.79 Å². The zero-order chi connectivity index (χ0) is 15.1. The smallest absolute Gasteiger partial charge is 0.238 e. The fraction of sp³-hybridized carbons (Fsp3) is 0.357.